The Hall–Kier alpha value is -3.10. The molecule has 162 valence electrons. The molecule has 0 unspecified atom stereocenters. The van der Waals surface area contributed by atoms with E-state index in [2.05, 4.69) is 15.2 Å². The summed E-state index contributed by atoms with van der Waals surface area (Å²) in [4.78, 5) is 34.7. The van der Waals surface area contributed by atoms with Crippen molar-refractivity contribution in [3.05, 3.63) is 58.9 Å². The molecule has 3 aromatic rings. The number of halogens is 1. The van der Waals surface area contributed by atoms with Crippen LogP contribution in [0.25, 0.3) is 11.1 Å². The first-order valence-electron chi connectivity index (χ1n) is 10.0. The minimum Gasteiger partial charge on any atom is -0.439 e. The van der Waals surface area contributed by atoms with Crippen LogP contribution in [-0.2, 0) is 6.54 Å². The molecule has 1 aromatic heterocycles. The fourth-order valence-electron chi connectivity index (χ4n) is 3.49. The van der Waals surface area contributed by atoms with Gasteiger partial charge in [-0.15, -0.1) is 0 Å². The van der Waals surface area contributed by atoms with Crippen LogP contribution < -0.4 is 5.32 Å². The highest BCUT2D eigenvalue weighted by Crippen LogP contribution is 2.22. The Labute approximate surface area is 185 Å². The number of anilines is 1. The molecule has 31 heavy (non-hydrogen) atoms. The first-order valence-corrected chi connectivity index (χ1v) is 10.4. The zero-order chi connectivity index (χ0) is 22.0. The normalized spacial score (nSPS) is 14.6. The molecule has 0 aliphatic carbocycles. The third-order valence-corrected chi connectivity index (χ3v) is 5.55. The van der Waals surface area contributed by atoms with Gasteiger partial charge in [0.2, 0.25) is 5.89 Å². The number of aromatic nitrogens is 1. The molecule has 0 bridgehead atoms. The summed E-state index contributed by atoms with van der Waals surface area (Å²) in [5.41, 5.74) is 2.51. The Morgan fingerprint density at radius 1 is 1.13 bits per heavy atom. The number of benzene rings is 2. The van der Waals surface area contributed by atoms with Gasteiger partial charge in [-0.2, -0.15) is 0 Å². The van der Waals surface area contributed by atoms with E-state index in [1.807, 2.05) is 12.1 Å². The van der Waals surface area contributed by atoms with Crippen LogP contribution in [0.2, 0.25) is 5.02 Å². The monoisotopic (exact) mass is 441 g/mol. The molecule has 1 N–H and O–H groups in total. The number of nitrogens with one attached hydrogen (secondary N) is 1. The number of fused-ring (bicyclic) bond motifs is 1. The maximum Gasteiger partial charge on any atom is 0.321 e. The third-order valence-electron chi connectivity index (χ3n) is 5.22. The predicted molar refractivity (Wildman–Crippen MR) is 119 cm³/mol. The number of hydrogen-bond acceptors (Lipinski definition) is 5. The van der Waals surface area contributed by atoms with Crippen molar-refractivity contribution in [3.63, 3.8) is 0 Å². The zero-order valence-electron chi connectivity index (χ0n) is 17.5. The summed E-state index contributed by atoms with van der Waals surface area (Å²) in [7, 11) is 3.43. The number of urea groups is 1. The van der Waals surface area contributed by atoms with E-state index >= 15 is 0 Å². The van der Waals surface area contributed by atoms with Gasteiger partial charge in [-0.25, -0.2) is 9.78 Å². The predicted octanol–water partition coefficient (Wildman–Crippen LogP) is 3.53. The highest BCUT2D eigenvalue weighted by atomic mass is 35.5. The number of rotatable bonds is 4. The van der Waals surface area contributed by atoms with Crippen molar-refractivity contribution in [1.82, 2.24) is 19.7 Å². The average Bonchev–Trinajstić information content (AvgIpc) is 3.16. The largest absolute Gasteiger partial charge is 0.439 e. The van der Waals surface area contributed by atoms with Gasteiger partial charge in [-0.1, -0.05) is 23.7 Å². The lowest BCUT2D eigenvalue weighted by atomic mass is 10.2. The Balaban J connectivity index is 1.34. The Kier molecular flexibility index (Phi) is 6.11. The third kappa shape index (κ3) is 4.81. The van der Waals surface area contributed by atoms with Crippen molar-refractivity contribution in [3.8, 4) is 0 Å². The number of carbonyl (C=O) groups is 2. The van der Waals surface area contributed by atoms with Gasteiger partial charge in [-0.3, -0.25) is 9.69 Å². The smallest absolute Gasteiger partial charge is 0.321 e. The molecule has 1 aliphatic heterocycles. The van der Waals surface area contributed by atoms with Crippen LogP contribution in [0.5, 0.6) is 0 Å². The summed E-state index contributed by atoms with van der Waals surface area (Å²) < 4.78 is 5.85. The van der Waals surface area contributed by atoms with Gasteiger partial charge in [0.15, 0.2) is 5.58 Å². The molecule has 4 rings (SSSR count). The second-order valence-corrected chi connectivity index (χ2v) is 8.07. The molecule has 8 nitrogen and oxygen atoms in total. The van der Waals surface area contributed by atoms with Crippen LogP contribution in [-0.4, -0.2) is 71.9 Å². The SMILES string of the molecule is CN(C)C(=O)c1ccc2oc(CN3CCN(C(=O)Nc4ccccc4Cl)CC3)nc2c1. The highest BCUT2D eigenvalue weighted by molar-refractivity contribution is 6.33. The van der Waals surface area contributed by atoms with Gasteiger partial charge >= 0.3 is 6.03 Å². The second-order valence-electron chi connectivity index (χ2n) is 7.66. The molecule has 2 aromatic carbocycles. The van der Waals surface area contributed by atoms with Gasteiger partial charge in [0.1, 0.15) is 5.52 Å². The lowest BCUT2D eigenvalue weighted by Crippen LogP contribution is -2.49. The van der Waals surface area contributed by atoms with Crippen LogP contribution in [0, 0.1) is 0 Å². The zero-order valence-corrected chi connectivity index (χ0v) is 18.2. The molecule has 1 aliphatic rings. The fraction of sp³-hybridized carbons (Fsp3) is 0.318. The fourth-order valence-corrected chi connectivity index (χ4v) is 3.67. The van der Waals surface area contributed by atoms with E-state index in [-0.39, 0.29) is 11.9 Å². The lowest BCUT2D eigenvalue weighted by Gasteiger charge is -2.34. The van der Waals surface area contributed by atoms with Crippen molar-refractivity contribution in [1.29, 1.82) is 0 Å². The van der Waals surface area contributed by atoms with Crippen LogP contribution >= 0.6 is 11.6 Å². The molecular weight excluding hydrogens is 418 g/mol. The van der Waals surface area contributed by atoms with E-state index in [0.29, 0.717) is 66.0 Å². The van der Waals surface area contributed by atoms with Crippen LogP contribution in [0.4, 0.5) is 10.5 Å². The summed E-state index contributed by atoms with van der Waals surface area (Å²) in [5, 5.41) is 3.37. The topological polar surface area (TPSA) is 81.9 Å². The van der Waals surface area contributed by atoms with E-state index in [1.54, 1.807) is 49.3 Å². The number of hydrogen-bond donors (Lipinski definition) is 1. The molecule has 0 radical (unpaired) electrons. The molecule has 2 heterocycles. The number of carbonyl (C=O) groups excluding carboxylic acids is 2. The van der Waals surface area contributed by atoms with Crippen molar-refractivity contribution in [2.75, 3.05) is 45.6 Å². The van der Waals surface area contributed by atoms with E-state index in [9.17, 15) is 9.59 Å². The molecule has 0 atom stereocenters. The highest BCUT2D eigenvalue weighted by Gasteiger charge is 2.23. The first-order chi connectivity index (χ1) is 14.9. The van der Waals surface area contributed by atoms with Crippen LogP contribution in [0.15, 0.2) is 46.9 Å². The number of oxazole rings is 1. The molecule has 0 saturated carbocycles. The second kappa shape index (κ2) is 8.95. The maximum absolute atomic E-state index is 12.5. The minimum absolute atomic E-state index is 0.0716. The van der Waals surface area contributed by atoms with Gasteiger partial charge < -0.3 is 19.5 Å². The van der Waals surface area contributed by atoms with Crippen molar-refractivity contribution in [2.45, 2.75) is 6.54 Å². The Morgan fingerprint density at radius 2 is 1.87 bits per heavy atom. The summed E-state index contributed by atoms with van der Waals surface area (Å²) in [5.74, 6) is 0.524. The van der Waals surface area contributed by atoms with Gasteiger partial charge in [-0.05, 0) is 30.3 Å². The Bertz CT molecular complexity index is 1110. The van der Waals surface area contributed by atoms with Crippen molar-refractivity contribution >= 4 is 40.3 Å². The summed E-state index contributed by atoms with van der Waals surface area (Å²) in [6, 6.07) is 12.3. The van der Waals surface area contributed by atoms with E-state index < -0.39 is 0 Å². The van der Waals surface area contributed by atoms with Gasteiger partial charge in [0, 0.05) is 45.8 Å². The van der Waals surface area contributed by atoms with Crippen molar-refractivity contribution < 1.29 is 14.0 Å². The first kappa shape index (κ1) is 21.1. The quantitative estimate of drug-likeness (QED) is 0.669. The van der Waals surface area contributed by atoms with E-state index in [4.69, 9.17) is 16.0 Å². The van der Waals surface area contributed by atoms with E-state index in [0.717, 1.165) is 0 Å². The van der Waals surface area contributed by atoms with Crippen molar-refractivity contribution in [2.24, 2.45) is 0 Å². The van der Waals surface area contributed by atoms with Gasteiger partial charge in [0.05, 0.1) is 17.3 Å². The summed E-state index contributed by atoms with van der Waals surface area (Å²) in [6.45, 7) is 3.15. The molecule has 1 saturated heterocycles. The lowest BCUT2D eigenvalue weighted by molar-refractivity contribution is 0.0827. The summed E-state index contributed by atoms with van der Waals surface area (Å²) >= 11 is 6.12. The molecular formula is C22H24ClN5O3. The molecule has 0 spiro atoms. The Morgan fingerprint density at radius 3 is 2.58 bits per heavy atom. The maximum atomic E-state index is 12.5. The van der Waals surface area contributed by atoms with Gasteiger partial charge in [0.25, 0.3) is 5.91 Å². The minimum atomic E-state index is -0.160. The average molecular weight is 442 g/mol. The molecule has 1 fully saturated rings. The number of amides is 3. The number of para-hydroxylation sites is 1. The molecule has 9 heteroatoms. The summed E-state index contributed by atoms with van der Waals surface area (Å²) in [6.07, 6.45) is 0. The molecule has 3 amide bonds. The van der Waals surface area contributed by atoms with E-state index in [1.165, 1.54) is 4.90 Å². The number of nitrogens with zero attached hydrogens (tertiary/aromatic N) is 4. The standard InChI is InChI=1S/C22H24ClN5O3/c1-26(2)21(29)15-7-8-19-18(13-15)24-20(31-19)14-27-9-11-28(12-10-27)22(30)25-17-6-4-3-5-16(17)23/h3-8,13H,9-12,14H2,1-2H3,(H,25,30). The van der Waals surface area contributed by atoms with Crippen LogP contribution in [0.1, 0.15) is 16.2 Å². The van der Waals surface area contributed by atoms with Crippen LogP contribution in [0.3, 0.4) is 0 Å². The number of piperazine rings is 1.